The minimum absolute atomic E-state index is 0.264. The number of carbonyl (C=O) groups is 1. The Bertz CT molecular complexity index is 877. The van der Waals surface area contributed by atoms with Crippen LogP contribution in [0.2, 0.25) is 0 Å². The summed E-state index contributed by atoms with van der Waals surface area (Å²) in [5.74, 6) is 0.716. The number of nitrogens with zero attached hydrogens (tertiary/aromatic N) is 2. The van der Waals surface area contributed by atoms with E-state index >= 15 is 0 Å². The molecule has 1 atom stereocenters. The van der Waals surface area contributed by atoms with Crippen LogP contribution in [0.25, 0.3) is 0 Å². The van der Waals surface area contributed by atoms with Gasteiger partial charge in [0.25, 0.3) is 11.2 Å². The number of amides is 1. The fourth-order valence-electron chi connectivity index (χ4n) is 2.45. The predicted octanol–water partition coefficient (Wildman–Crippen LogP) is 1.65. The Hall–Kier alpha value is -3.36. The SMILES string of the molecule is COc1ccc(OC)c([C@H](C)NC(=O)Cn2cc([N+](=O)[O-])ccc2=O)c1. The number of ether oxygens (including phenoxy) is 2. The van der Waals surface area contributed by atoms with Crippen LogP contribution in [0, 0.1) is 10.1 Å². The minimum Gasteiger partial charge on any atom is -0.497 e. The summed E-state index contributed by atoms with van der Waals surface area (Å²) in [4.78, 5) is 34.2. The molecule has 26 heavy (non-hydrogen) atoms. The Morgan fingerprint density at radius 2 is 2.00 bits per heavy atom. The molecule has 1 aromatic heterocycles. The van der Waals surface area contributed by atoms with Crippen molar-refractivity contribution in [3.05, 3.63) is 62.6 Å². The van der Waals surface area contributed by atoms with Crippen LogP contribution < -0.4 is 20.3 Å². The van der Waals surface area contributed by atoms with Crippen LogP contribution in [0.15, 0.2) is 41.3 Å². The van der Waals surface area contributed by atoms with Crippen molar-refractivity contribution in [1.82, 2.24) is 9.88 Å². The molecule has 0 aliphatic rings. The van der Waals surface area contributed by atoms with Gasteiger partial charge in [-0.2, -0.15) is 0 Å². The van der Waals surface area contributed by atoms with Gasteiger partial charge in [-0.15, -0.1) is 0 Å². The zero-order valence-electron chi connectivity index (χ0n) is 14.6. The average molecular weight is 361 g/mol. The fourth-order valence-corrected chi connectivity index (χ4v) is 2.45. The molecule has 138 valence electrons. The van der Waals surface area contributed by atoms with Crippen molar-refractivity contribution in [1.29, 1.82) is 0 Å². The molecule has 2 aromatic rings. The minimum atomic E-state index is -0.627. The number of methoxy groups -OCH3 is 2. The lowest BCUT2D eigenvalue weighted by atomic mass is 10.1. The summed E-state index contributed by atoms with van der Waals surface area (Å²) in [6.45, 7) is 1.42. The molecule has 1 aromatic carbocycles. The van der Waals surface area contributed by atoms with E-state index in [1.54, 1.807) is 25.1 Å². The summed E-state index contributed by atoms with van der Waals surface area (Å²) in [5, 5.41) is 13.6. The number of rotatable bonds is 7. The number of pyridine rings is 1. The van der Waals surface area contributed by atoms with Crippen molar-refractivity contribution in [3.63, 3.8) is 0 Å². The molecule has 0 radical (unpaired) electrons. The van der Waals surface area contributed by atoms with Gasteiger partial charge in [0.2, 0.25) is 5.91 Å². The topological polar surface area (TPSA) is 113 Å². The molecule has 9 nitrogen and oxygen atoms in total. The predicted molar refractivity (Wildman–Crippen MR) is 93.5 cm³/mol. The lowest BCUT2D eigenvalue weighted by Gasteiger charge is -2.18. The average Bonchev–Trinajstić information content (AvgIpc) is 2.62. The second kappa shape index (κ2) is 8.15. The lowest BCUT2D eigenvalue weighted by Crippen LogP contribution is -2.33. The molecule has 0 unspecified atom stereocenters. The van der Waals surface area contributed by atoms with E-state index < -0.39 is 22.4 Å². The fraction of sp³-hybridized carbons (Fsp3) is 0.294. The molecular formula is C17H19N3O6. The first kappa shape index (κ1) is 19.0. The number of aromatic nitrogens is 1. The molecule has 1 N–H and O–H groups in total. The highest BCUT2D eigenvalue weighted by Crippen LogP contribution is 2.29. The summed E-state index contributed by atoms with van der Waals surface area (Å²) in [5.41, 5.74) is -0.0659. The normalized spacial score (nSPS) is 11.5. The van der Waals surface area contributed by atoms with E-state index in [2.05, 4.69) is 5.32 Å². The van der Waals surface area contributed by atoms with E-state index in [9.17, 15) is 19.7 Å². The monoisotopic (exact) mass is 361 g/mol. The molecule has 0 saturated heterocycles. The first-order valence-electron chi connectivity index (χ1n) is 7.72. The first-order chi connectivity index (χ1) is 12.3. The summed E-state index contributed by atoms with van der Waals surface area (Å²) in [7, 11) is 3.05. The smallest absolute Gasteiger partial charge is 0.285 e. The Labute approximate surface area is 149 Å². The van der Waals surface area contributed by atoms with Crippen LogP contribution in [0.3, 0.4) is 0 Å². The highest BCUT2D eigenvalue weighted by Gasteiger charge is 2.17. The quantitative estimate of drug-likeness (QED) is 0.593. The molecule has 0 spiro atoms. The Balaban J connectivity index is 2.17. The molecule has 0 aliphatic heterocycles. The number of nitro groups is 1. The number of hydrogen-bond acceptors (Lipinski definition) is 6. The number of hydrogen-bond donors (Lipinski definition) is 1. The van der Waals surface area contributed by atoms with Crippen LogP contribution in [0.1, 0.15) is 18.5 Å². The molecule has 2 rings (SSSR count). The summed E-state index contributed by atoms with van der Waals surface area (Å²) < 4.78 is 11.5. The van der Waals surface area contributed by atoms with E-state index in [4.69, 9.17) is 9.47 Å². The van der Waals surface area contributed by atoms with Crippen LogP contribution in [0.5, 0.6) is 11.5 Å². The van der Waals surface area contributed by atoms with Crippen molar-refractivity contribution >= 4 is 11.6 Å². The van der Waals surface area contributed by atoms with Crippen LogP contribution in [0.4, 0.5) is 5.69 Å². The zero-order chi connectivity index (χ0) is 19.3. The lowest BCUT2D eigenvalue weighted by molar-refractivity contribution is -0.385. The number of nitrogens with one attached hydrogen (secondary N) is 1. The second-order valence-electron chi connectivity index (χ2n) is 5.51. The van der Waals surface area contributed by atoms with Gasteiger partial charge < -0.3 is 14.8 Å². The van der Waals surface area contributed by atoms with Crippen LogP contribution >= 0.6 is 0 Å². The number of benzene rings is 1. The second-order valence-corrected chi connectivity index (χ2v) is 5.51. The van der Waals surface area contributed by atoms with Crippen molar-refractivity contribution in [2.45, 2.75) is 19.5 Å². The van der Waals surface area contributed by atoms with Gasteiger partial charge in [-0.3, -0.25) is 24.3 Å². The molecule has 9 heteroatoms. The van der Waals surface area contributed by atoms with E-state index in [1.807, 2.05) is 0 Å². The van der Waals surface area contributed by atoms with E-state index in [0.29, 0.717) is 17.1 Å². The molecule has 0 bridgehead atoms. The van der Waals surface area contributed by atoms with Gasteiger partial charge in [0.15, 0.2) is 0 Å². The highest BCUT2D eigenvalue weighted by atomic mass is 16.6. The summed E-state index contributed by atoms with van der Waals surface area (Å²) >= 11 is 0. The Morgan fingerprint density at radius 1 is 1.27 bits per heavy atom. The number of carbonyl (C=O) groups excluding carboxylic acids is 1. The first-order valence-corrected chi connectivity index (χ1v) is 7.72. The zero-order valence-corrected chi connectivity index (χ0v) is 14.6. The molecule has 0 fully saturated rings. The largest absolute Gasteiger partial charge is 0.497 e. The Morgan fingerprint density at radius 3 is 2.62 bits per heavy atom. The van der Waals surface area contributed by atoms with E-state index in [0.717, 1.165) is 22.9 Å². The van der Waals surface area contributed by atoms with Gasteiger partial charge in [-0.25, -0.2) is 0 Å². The third kappa shape index (κ3) is 4.38. The molecule has 1 heterocycles. The van der Waals surface area contributed by atoms with Crippen LogP contribution in [-0.4, -0.2) is 29.6 Å². The summed E-state index contributed by atoms with van der Waals surface area (Å²) in [6, 6.07) is 6.92. The van der Waals surface area contributed by atoms with E-state index in [-0.39, 0.29) is 12.2 Å². The van der Waals surface area contributed by atoms with Gasteiger partial charge >= 0.3 is 0 Å². The van der Waals surface area contributed by atoms with Crippen molar-refractivity contribution in [3.8, 4) is 11.5 Å². The van der Waals surface area contributed by atoms with Gasteiger partial charge in [-0.05, 0) is 25.1 Å². The standard InChI is InChI=1S/C17H19N3O6/c1-11(14-8-13(25-2)5-6-15(14)26-3)18-16(21)10-19-9-12(20(23)24)4-7-17(19)22/h4-9,11H,10H2,1-3H3,(H,18,21)/t11-/m0/s1. The van der Waals surface area contributed by atoms with Gasteiger partial charge in [0.1, 0.15) is 18.0 Å². The maximum atomic E-state index is 12.3. The Kier molecular flexibility index (Phi) is 5.94. The molecule has 0 saturated carbocycles. The molecule has 0 aliphatic carbocycles. The van der Waals surface area contributed by atoms with Crippen molar-refractivity contribution in [2.24, 2.45) is 0 Å². The third-order valence-electron chi connectivity index (χ3n) is 3.77. The van der Waals surface area contributed by atoms with Gasteiger partial charge in [0, 0.05) is 17.7 Å². The van der Waals surface area contributed by atoms with E-state index in [1.165, 1.54) is 14.2 Å². The van der Waals surface area contributed by atoms with Crippen molar-refractivity contribution in [2.75, 3.05) is 14.2 Å². The maximum absolute atomic E-state index is 12.3. The third-order valence-corrected chi connectivity index (χ3v) is 3.77. The summed E-state index contributed by atoms with van der Waals surface area (Å²) in [6.07, 6.45) is 1.04. The van der Waals surface area contributed by atoms with Crippen molar-refractivity contribution < 1.29 is 19.2 Å². The molecule has 1 amide bonds. The molecular weight excluding hydrogens is 342 g/mol. The van der Waals surface area contributed by atoms with Gasteiger partial charge in [0.05, 0.1) is 31.4 Å². The highest BCUT2D eigenvalue weighted by molar-refractivity contribution is 5.76. The van der Waals surface area contributed by atoms with Crippen LogP contribution in [-0.2, 0) is 11.3 Å². The maximum Gasteiger partial charge on any atom is 0.285 e. The van der Waals surface area contributed by atoms with Gasteiger partial charge in [-0.1, -0.05) is 0 Å².